The molecule has 2 aromatic heterocycles. The van der Waals surface area contributed by atoms with Gasteiger partial charge in [0.25, 0.3) is 0 Å². The van der Waals surface area contributed by atoms with E-state index in [-0.39, 0.29) is 18.1 Å². The van der Waals surface area contributed by atoms with Crippen molar-refractivity contribution in [3.63, 3.8) is 0 Å². The summed E-state index contributed by atoms with van der Waals surface area (Å²) in [6.07, 6.45) is 6.84. The van der Waals surface area contributed by atoms with Gasteiger partial charge in [0.15, 0.2) is 5.82 Å². The minimum absolute atomic E-state index is 0.150. The van der Waals surface area contributed by atoms with Crippen LogP contribution < -0.4 is 15.5 Å². The van der Waals surface area contributed by atoms with Crippen molar-refractivity contribution >= 4 is 12.0 Å². The Morgan fingerprint density at radius 3 is 2.62 bits per heavy atom. The van der Waals surface area contributed by atoms with Gasteiger partial charge < -0.3 is 20.1 Å². The van der Waals surface area contributed by atoms with Gasteiger partial charge in [-0.05, 0) is 25.8 Å². The predicted molar refractivity (Wildman–Crippen MR) is 88.4 cm³/mol. The zero-order valence-electron chi connectivity index (χ0n) is 13.9. The maximum Gasteiger partial charge on any atom is 0.315 e. The van der Waals surface area contributed by atoms with Crippen LogP contribution >= 0.6 is 0 Å². The summed E-state index contributed by atoms with van der Waals surface area (Å²) in [4.78, 5) is 22.8. The Morgan fingerprint density at radius 2 is 2.00 bits per heavy atom. The maximum absolute atomic E-state index is 12.2. The summed E-state index contributed by atoms with van der Waals surface area (Å²) in [5.41, 5.74) is 0. The van der Waals surface area contributed by atoms with E-state index in [1.807, 2.05) is 14.0 Å². The standard InChI is InChI=1S/C15H22N8O/c1-11(13-21-18-10-22(13)2)19-15(24)20-12-4-8-23(9-5-12)14-16-6-3-7-17-14/h3,6-7,10-12H,4-5,8-9H2,1-2H3,(H2,19,20,24)/t11-/m1/s1. The van der Waals surface area contributed by atoms with Crippen molar-refractivity contribution in [3.8, 4) is 0 Å². The van der Waals surface area contributed by atoms with Crippen LogP contribution in [0.1, 0.15) is 31.6 Å². The first-order valence-electron chi connectivity index (χ1n) is 8.06. The Balaban J connectivity index is 1.46. The third-order valence-electron chi connectivity index (χ3n) is 4.15. The van der Waals surface area contributed by atoms with Crippen LogP contribution in [0.3, 0.4) is 0 Å². The molecule has 1 aliphatic heterocycles. The van der Waals surface area contributed by atoms with Gasteiger partial charge in [-0.1, -0.05) is 0 Å². The van der Waals surface area contributed by atoms with Crippen LogP contribution in [0.5, 0.6) is 0 Å². The molecule has 1 aliphatic rings. The molecule has 2 aromatic rings. The van der Waals surface area contributed by atoms with Gasteiger partial charge in [0.05, 0.1) is 6.04 Å². The van der Waals surface area contributed by atoms with Gasteiger partial charge in [-0.25, -0.2) is 14.8 Å². The van der Waals surface area contributed by atoms with Crippen LogP contribution in [0, 0.1) is 0 Å². The molecule has 9 nitrogen and oxygen atoms in total. The number of nitrogens with zero attached hydrogens (tertiary/aromatic N) is 6. The summed E-state index contributed by atoms with van der Waals surface area (Å²) in [6, 6.07) is 1.58. The Kier molecular flexibility index (Phi) is 4.88. The fourth-order valence-electron chi connectivity index (χ4n) is 2.85. The molecule has 2 N–H and O–H groups in total. The van der Waals surface area contributed by atoms with Crippen LogP contribution in [0.2, 0.25) is 0 Å². The van der Waals surface area contributed by atoms with E-state index in [4.69, 9.17) is 0 Å². The molecule has 2 amide bonds. The molecular formula is C15H22N8O. The normalized spacial score (nSPS) is 16.7. The van der Waals surface area contributed by atoms with Crippen molar-refractivity contribution in [1.82, 2.24) is 35.4 Å². The number of anilines is 1. The van der Waals surface area contributed by atoms with Gasteiger partial charge in [-0.2, -0.15) is 0 Å². The van der Waals surface area contributed by atoms with Gasteiger partial charge in [0.1, 0.15) is 6.33 Å². The number of hydrogen-bond acceptors (Lipinski definition) is 6. The average Bonchev–Trinajstić information content (AvgIpc) is 3.02. The van der Waals surface area contributed by atoms with Gasteiger partial charge in [-0.15, -0.1) is 10.2 Å². The highest BCUT2D eigenvalue weighted by atomic mass is 16.2. The molecule has 0 aromatic carbocycles. The molecule has 128 valence electrons. The van der Waals surface area contributed by atoms with Crippen molar-refractivity contribution < 1.29 is 4.79 Å². The second-order valence-corrected chi connectivity index (χ2v) is 5.95. The summed E-state index contributed by atoms with van der Waals surface area (Å²) < 4.78 is 1.79. The second-order valence-electron chi connectivity index (χ2n) is 5.95. The van der Waals surface area contributed by atoms with E-state index in [0.29, 0.717) is 0 Å². The first-order valence-corrected chi connectivity index (χ1v) is 8.06. The number of rotatable bonds is 4. The highest BCUT2D eigenvalue weighted by molar-refractivity contribution is 5.74. The average molecular weight is 330 g/mol. The molecular weight excluding hydrogens is 308 g/mol. The molecule has 1 atom stereocenters. The summed E-state index contributed by atoms with van der Waals surface area (Å²) in [7, 11) is 1.85. The first-order chi connectivity index (χ1) is 11.6. The molecule has 24 heavy (non-hydrogen) atoms. The van der Waals surface area contributed by atoms with Crippen molar-refractivity contribution in [2.45, 2.75) is 31.8 Å². The van der Waals surface area contributed by atoms with Gasteiger partial charge in [-0.3, -0.25) is 0 Å². The summed E-state index contributed by atoms with van der Waals surface area (Å²) >= 11 is 0. The fourth-order valence-corrected chi connectivity index (χ4v) is 2.85. The monoisotopic (exact) mass is 330 g/mol. The lowest BCUT2D eigenvalue weighted by Gasteiger charge is -2.32. The molecule has 1 fully saturated rings. The topological polar surface area (TPSA) is 101 Å². The number of carbonyl (C=O) groups excluding carboxylic acids is 1. The highest BCUT2D eigenvalue weighted by Crippen LogP contribution is 2.15. The van der Waals surface area contributed by atoms with E-state index < -0.39 is 0 Å². The number of piperidine rings is 1. The number of aromatic nitrogens is 5. The number of urea groups is 1. The highest BCUT2D eigenvalue weighted by Gasteiger charge is 2.23. The van der Waals surface area contributed by atoms with Crippen LogP contribution in [-0.4, -0.2) is 49.9 Å². The van der Waals surface area contributed by atoms with E-state index in [2.05, 4.69) is 35.7 Å². The maximum atomic E-state index is 12.2. The smallest absolute Gasteiger partial charge is 0.315 e. The fraction of sp³-hybridized carbons (Fsp3) is 0.533. The predicted octanol–water partition coefficient (Wildman–Crippen LogP) is 0.634. The third-order valence-corrected chi connectivity index (χ3v) is 4.15. The molecule has 1 saturated heterocycles. The lowest BCUT2D eigenvalue weighted by atomic mass is 10.1. The lowest BCUT2D eigenvalue weighted by molar-refractivity contribution is 0.230. The van der Waals surface area contributed by atoms with Crippen molar-refractivity contribution in [3.05, 3.63) is 30.6 Å². The minimum atomic E-state index is -0.199. The molecule has 0 aliphatic carbocycles. The van der Waals surface area contributed by atoms with Crippen LogP contribution in [-0.2, 0) is 7.05 Å². The van der Waals surface area contributed by atoms with E-state index >= 15 is 0 Å². The number of carbonyl (C=O) groups is 1. The zero-order chi connectivity index (χ0) is 16.9. The summed E-state index contributed by atoms with van der Waals surface area (Å²) in [6.45, 7) is 3.54. The van der Waals surface area contributed by atoms with Gasteiger partial charge in [0.2, 0.25) is 5.95 Å². The van der Waals surface area contributed by atoms with Crippen molar-refractivity contribution in [2.75, 3.05) is 18.0 Å². The molecule has 3 heterocycles. The summed E-state index contributed by atoms with van der Waals surface area (Å²) in [5, 5.41) is 13.8. The van der Waals surface area contributed by atoms with Gasteiger partial charge >= 0.3 is 6.03 Å². The lowest BCUT2D eigenvalue weighted by Crippen LogP contribution is -2.48. The molecule has 0 spiro atoms. The SMILES string of the molecule is C[C@@H](NC(=O)NC1CCN(c2ncccn2)CC1)c1nncn1C. The van der Waals surface area contributed by atoms with E-state index in [1.165, 1.54) is 0 Å². The van der Waals surface area contributed by atoms with Gasteiger partial charge in [0, 0.05) is 38.6 Å². The van der Waals surface area contributed by atoms with Crippen LogP contribution in [0.15, 0.2) is 24.8 Å². The Hall–Kier alpha value is -2.71. The molecule has 0 unspecified atom stereocenters. The zero-order valence-corrected chi connectivity index (χ0v) is 13.9. The van der Waals surface area contributed by atoms with E-state index in [1.54, 1.807) is 29.4 Å². The largest absolute Gasteiger partial charge is 0.341 e. The summed E-state index contributed by atoms with van der Waals surface area (Å²) in [5.74, 6) is 1.47. The van der Waals surface area contributed by atoms with Crippen LogP contribution in [0.4, 0.5) is 10.7 Å². The van der Waals surface area contributed by atoms with Crippen LogP contribution in [0.25, 0.3) is 0 Å². The second kappa shape index (κ2) is 7.24. The molecule has 0 saturated carbocycles. The number of aryl methyl sites for hydroxylation is 1. The van der Waals surface area contributed by atoms with E-state index in [0.717, 1.165) is 37.7 Å². The molecule has 3 rings (SSSR count). The molecule has 9 heteroatoms. The first kappa shape index (κ1) is 16.2. The number of hydrogen-bond donors (Lipinski definition) is 2. The molecule has 0 bridgehead atoms. The quantitative estimate of drug-likeness (QED) is 0.853. The third kappa shape index (κ3) is 3.79. The minimum Gasteiger partial charge on any atom is -0.341 e. The van der Waals surface area contributed by atoms with E-state index in [9.17, 15) is 4.79 Å². The number of amides is 2. The Morgan fingerprint density at radius 1 is 1.29 bits per heavy atom. The van der Waals surface area contributed by atoms with Crippen molar-refractivity contribution in [2.24, 2.45) is 7.05 Å². The Labute approximate surface area is 140 Å². The Bertz CT molecular complexity index is 665. The number of nitrogens with one attached hydrogen (secondary N) is 2. The van der Waals surface area contributed by atoms with Crippen molar-refractivity contribution in [1.29, 1.82) is 0 Å². The molecule has 0 radical (unpaired) electrons.